The molecule has 0 atom stereocenters. The first-order valence-corrected chi connectivity index (χ1v) is 4.09. The first-order valence-electron chi connectivity index (χ1n) is 3.10. The van der Waals surface area contributed by atoms with Gasteiger partial charge >= 0.3 is 0 Å². The second-order valence-corrected chi connectivity index (χ2v) is 2.65. The Morgan fingerprint density at radius 3 is 2.75 bits per heavy atom. The molecule has 0 nitrogen and oxygen atoms in total. The Bertz CT molecular complexity index is 49.4. The number of hydrogen-bond acceptors (Lipinski definition) is 1. The zero-order chi connectivity index (χ0) is 6.24. The summed E-state index contributed by atoms with van der Waals surface area (Å²) in [6, 6.07) is 0. The molecule has 0 aliphatic heterocycles. The highest BCUT2D eigenvalue weighted by molar-refractivity contribution is 8.00. The van der Waals surface area contributed by atoms with E-state index in [4.69, 9.17) is 0 Å². The maximum atomic E-state index is 3.13. The molecule has 47 valence electrons. The van der Waals surface area contributed by atoms with E-state index in [2.05, 4.69) is 25.3 Å². The van der Waals surface area contributed by atoms with Crippen LogP contribution in [0.25, 0.3) is 0 Å². The van der Waals surface area contributed by atoms with Gasteiger partial charge in [-0.15, -0.1) is 11.8 Å². The van der Waals surface area contributed by atoms with E-state index in [-0.39, 0.29) is 0 Å². The van der Waals surface area contributed by atoms with Crippen LogP contribution in [-0.2, 0) is 0 Å². The average molecular weight is 129 g/mol. The molecule has 0 aromatic carbocycles. The summed E-state index contributed by atoms with van der Waals surface area (Å²) in [6.07, 6.45) is 4.51. The summed E-state index contributed by atoms with van der Waals surface area (Å²) in [5.74, 6) is 1.14. The second kappa shape index (κ2) is 7.09. The molecule has 0 bridgehead atoms. The van der Waals surface area contributed by atoms with E-state index >= 15 is 0 Å². The largest absolute Gasteiger partial charge is 0.126 e. The molecule has 0 aliphatic rings. The summed E-state index contributed by atoms with van der Waals surface area (Å²) < 4.78 is 0. The first kappa shape index (κ1) is 8.09. The van der Waals surface area contributed by atoms with Crippen molar-refractivity contribution in [2.75, 3.05) is 5.75 Å². The Balaban J connectivity index is 2.83. The predicted molar refractivity (Wildman–Crippen MR) is 40.9 cm³/mol. The minimum atomic E-state index is 1.14. The van der Waals surface area contributed by atoms with E-state index in [1.807, 2.05) is 0 Å². The van der Waals surface area contributed by atoms with Crippen molar-refractivity contribution in [1.29, 1.82) is 0 Å². The lowest BCUT2D eigenvalue weighted by atomic mass is 10.3. The van der Waals surface area contributed by atoms with Crippen LogP contribution in [0.15, 0.2) is 6.08 Å². The summed E-state index contributed by atoms with van der Waals surface area (Å²) in [5.41, 5.74) is 0. The molecule has 0 fully saturated rings. The van der Waals surface area contributed by atoms with Crippen molar-refractivity contribution in [2.45, 2.75) is 26.7 Å². The van der Waals surface area contributed by atoms with Crippen molar-refractivity contribution in [3.8, 4) is 0 Å². The molecular weight excluding hydrogens is 116 g/mol. The number of thioether (sulfide) groups is 1. The van der Waals surface area contributed by atoms with Crippen LogP contribution in [0, 0.1) is 5.41 Å². The van der Waals surface area contributed by atoms with Gasteiger partial charge in [0.15, 0.2) is 0 Å². The molecule has 0 saturated carbocycles. The van der Waals surface area contributed by atoms with Crippen LogP contribution < -0.4 is 0 Å². The van der Waals surface area contributed by atoms with E-state index < -0.39 is 0 Å². The minimum Gasteiger partial charge on any atom is -0.126 e. The van der Waals surface area contributed by atoms with Gasteiger partial charge < -0.3 is 0 Å². The maximum absolute atomic E-state index is 3.13. The molecule has 0 spiro atoms. The topological polar surface area (TPSA) is 0 Å². The van der Waals surface area contributed by atoms with E-state index in [1.165, 1.54) is 12.8 Å². The molecule has 0 aromatic rings. The molecule has 0 aliphatic carbocycles. The van der Waals surface area contributed by atoms with Crippen LogP contribution in [0.1, 0.15) is 26.7 Å². The number of allylic oxidation sites excluding steroid dienone is 1. The van der Waals surface area contributed by atoms with Crippen LogP contribution >= 0.6 is 11.8 Å². The quantitative estimate of drug-likeness (QED) is 0.562. The van der Waals surface area contributed by atoms with Crippen LogP contribution in [0.2, 0.25) is 0 Å². The summed E-state index contributed by atoms with van der Waals surface area (Å²) >= 11 is 1.74. The molecule has 1 radical (unpaired) electrons. The van der Waals surface area contributed by atoms with Crippen molar-refractivity contribution >= 4 is 11.8 Å². The van der Waals surface area contributed by atoms with E-state index in [0.29, 0.717) is 0 Å². The Hall–Kier alpha value is 0.0900. The fourth-order valence-electron chi connectivity index (χ4n) is 0.346. The van der Waals surface area contributed by atoms with Gasteiger partial charge in [0.2, 0.25) is 0 Å². The Morgan fingerprint density at radius 2 is 2.25 bits per heavy atom. The SMILES string of the molecule is CCC/C=[C]\SCC. The number of hydrogen-bond donors (Lipinski definition) is 0. The van der Waals surface area contributed by atoms with Crippen molar-refractivity contribution in [3.05, 3.63) is 11.5 Å². The molecule has 8 heavy (non-hydrogen) atoms. The third-order valence-electron chi connectivity index (χ3n) is 0.744. The lowest BCUT2D eigenvalue weighted by molar-refractivity contribution is 0.959. The van der Waals surface area contributed by atoms with Gasteiger partial charge in [0, 0.05) is 5.41 Å². The van der Waals surface area contributed by atoms with Gasteiger partial charge in [0.25, 0.3) is 0 Å². The fraction of sp³-hybridized carbons (Fsp3) is 0.714. The molecule has 0 N–H and O–H groups in total. The summed E-state index contributed by atoms with van der Waals surface area (Å²) in [7, 11) is 0. The standard InChI is InChI=1S/C7H13S/c1-3-5-6-7-8-4-2/h6H,3-5H2,1-2H3. The van der Waals surface area contributed by atoms with Gasteiger partial charge in [-0.05, 0) is 12.2 Å². The van der Waals surface area contributed by atoms with Crippen molar-refractivity contribution in [1.82, 2.24) is 0 Å². The highest BCUT2D eigenvalue weighted by Gasteiger charge is 1.73. The van der Waals surface area contributed by atoms with Gasteiger partial charge in [-0.1, -0.05) is 26.3 Å². The summed E-state index contributed by atoms with van der Waals surface area (Å²) in [4.78, 5) is 0. The van der Waals surface area contributed by atoms with Gasteiger partial charge in [0.05, 0.1) is 0 Å². The molecule has 0 saturated heterocycles. The smallest absolute Gasteiger partial charge is 0.0165 e. The molecule has 1 heteroatoms. The highest BCUT2D eigenvalue weighted by atomic mass is 32.2. The van der Waals surface area contributed by atoms with Gasteiger partial charge in [0.1, 0.15) is 0 Å². The Kier molecular flexibility index (Phi) is 7.17. The molecule has 0 unspecified atom stereocenters. The van der Waals surface area contributed by atoms with Crippen molar-refractivity contribution in [3.63, 3.8) is 0 Å². The number of unbranched alkanes of at least 4 members (excludes halogenated alkanes) is 1. The van der Waals surface area contributed by atoms with E-state index in [0.717, 1.165) is 5.75 Å². The van der Waals surface area contributed by atoms with Gasteiger partial charge in [-0.2, -0.15) is 0 Å². The Morgan fingerprint density at radius 1 is 1.50 bits per heavy atom. The number of rotatable bonds is 4. The lowest BCUT2D eigenvalue weighted by Crippen LogP contribution is -1.61. The lowest BCUT2D eigenvalue weighted by Gasteiger charge is -1.82. The highest BCUT2D eigenvalue weighted by Crippen LogP contribution is 1.99. The molecular formula is C7H13S. The van der Waals surface area contributed by atoms with Crippen molar-refractivity contribution < 1.29 is 0 Å². The third-order valence-corrected chi connectivity index (χ3v) is 1.37. The minimum absolute atomic E-state index is 1.14. The fourth-order valence-corrected chi connectivity index (χ4v) is 0.748. The zero-order valence-electron chi connectivity index (χ0n) is 5.61. The van der Waals surface area contributed by atoms with Crippen LogP contribution in [0.3, 0.4) is 0 Å². The molecule has 0 rings (SSSR count). The third kappa shape index (κ3) is 6.09. The Labute approximate surface area is 56.4 Å². The van der Waals surface area contributed by atoms with E-state index in [1.54, 1.807) is 11.8 Å². The van der Waals surface area contributed by atoms with Gasteiger partial charge in [-0.25, -0.2) is 0 Å². The molecule has 0 amide bonds. The first-order chi connectivity index (χ1) is 3.91. The van der Waals surface area contributed by atoms with Crippen LogP contribution in [-0.4, -0.2) is 5.75 Å². The van der Waals surface area contributed by atoms with Crippen molar-refractivity contribution in [2.24, 2.45) is 0 Å². The molecule has 0 aromatic heterocycles. The van der Waals surface area contributed by atoms with Crippen LogP contribution in [0.5, 0.6) is 0 Å². The normalized spacial score (nSPS) is 10.8. The second-order valence-electron chi connectivity index (χ2n) is 1.54. The predicted octanol–water partition coefficient (Wildman–Crippen LogP) is 2.86. The molecule has 0 heterocycles. The van der Waals surface area contributed by atoms with Crippen LogP contribution in [0.4, 0.5) is 0 Å². The monoisotopic (exact) mass is 129 g/mol. The summed E-state index contributed by atoms with van der Waals surface area (Å²) in [5, 5.41) is 3.13. The maximum Gasteiger partial charge on any atom is 0.0165 e. The van der Waals surface area contributed by atoms with Gasteiger partial charge in [-0.3, -0.25) is 0 Å². The van der Waals surface area contributed by atoms with E-state index in [9.17, 15) is 0 Å². The average Bonchev–Trinajstić information content (AvgIpc) is 1.81. The zero-order valence-corrected chi connectivity index (χ0v) is 6.42. The summed E-state index contributed by atoms with van der Waals surface area (Å²) in [6.45, 7) is 4.31.